The Balaban J connectivity index is 2.25. The average Bonchev–Trinajstić information content (AvgIpc) is 2.50. The van der Waals surface area contributed by atoms with Crippen LogP contribution in [0.25, 0.3) is 0 Å². The molecular weight excluding hydrogens is 216 g/mol. The van der Waals surface area contributed by atoms with Crippen molar-refractivity contribution in [2.24, 2.45) is 5.73 Å². The van der Waals surface area contributed by atoms with Crippen LogP contribution in [0.1, 0.15) is 18.0 Å². The van der Waals surface area contributed by atoms with Crippen LogP contribution in [-0.4, -0.2) is 6.29 Å². The third-order valence-electron chi connectivity index (χ3n) is 2.27. The second-order valence-corrected chi connectivity index (χ2v) is 3.50. The molecule has 1 heterocycles. The SMILES string of the molecule is C=CC[C@@H](N)c1ccc2c(c1)OC(F)(F)O2. The fourth-order valence-electron chi connectivity index (χ4n) is 1.51. The summed E-state index contributed by atoms with van der Waals surface area (Å²) in [5.41, 5.74) is 6.52. The van der Waals surface area contributed by atoms with E-state index in [2.05, 4.69) is 16.1 Å². The van der Waals surface area contributed by atoms with Crippen molar-refractivity contribution in [2.45, 2.75) is 18.8 Å². The Morgan fingerprint density at radius 1 is 1.38 bits per heavy atom. The summed E-state index contributed by atoms with van der Waals surface area (Å²) in [6.07, 6.45) is -1.34. The quantitative estimate of drug-likeness (QED) is 0.807. The highest BCUT2D eigenvalue weighted by Gasteiger charge is 2.43. The molecule has 0 saturated carbocycles. The zero-order chi connectivity index (χ0) is 11.8. The van der Waals surface area contributed by atoms with Crippen molar-refractivity contribution in [2.75, 3.05) is 0 Å². The molecule has 1 aromatic carbocycles. The molecule has 0 aliphatic carbocycles. The molecule has 0 bridgehead atoms. The topological polar surface area (TPSA) is 44.5 Å². The van der Waals surface area contributed by atoms with Gasteiger partial charge in [0.25, 0.3) is 0 Å². The number of benzene rings is 1. The molecule has 0 aromatic heterocycles. The molecule has 1 aliphatic rings. The van der Waals surface area contributed by atoms with E-state index in [1.54, 1.807) is 12.1 Å². The predicted molar refractivity (Wildman–Crippen MR) is 54.4 cm³/mol. The standard InChI is InChI=1S/C11H11F2NO2/c1-2-3-8(14)7-4-5-9-10(6-7)16-11(12,13)15-9/h2,4-6,8H,1,3,14H2/t8-/m1/s1. The lowest BCUT2D eigenvalue weighted by molar-refractivity contribution is -0.286. The van der Waals surface area contributed by atoms with Gasteiger partial charge in [-0.05, 0) is 24.1 Å². The van der Waals surface area contributed by atoms with Gasteiger partial charge in [-0.25, -0.2) is 0 Å². The van der Waals surface area contributed by atoms with Crippen molar-refractivity contribution >= 4 is 0 Å². The van der Waals surface area contributed by atoms with Gasteiger partial charge in [-0.2, -0.15) is 0 Å². The maximum Gasteiger partial charge on any atom is 0.586 e. The van der Waals surface area contributed by atoms with Crippen LogP contribution in [0.2, 0.25) is 0 Å². The number of fused-ring (bicyclic) bond motifs is 1. The van der Waals surface area contributed by atoms with Crippen molar-refractivity contribution in [1.29, 1.82) is 0 Å². The maximum absolute atomic E-state index is 12.7. The lowest BCUT2D eigenvalue weighted by Crippen LogP contribution is -2.25. The van der Waals surface area contributed by atoms with E-state index in [1.807, 2.05) is 0 Å². The number of nitrogens with two attached hydrogens (primary N) is 1. The second kappa shape index (κ2) is 3.75. The predicted octanol–water partition coefficient (Wildman–Crippen LogP) is 2.58. The molecule has 0 amide bonds. The van der Waals surface area contributed by atoms with Crippen LogP contribution in [0.15, 0.2) is 30.9 Å². The van der Waals surface area contributed by atoms with E-state index >= 15 is 0 Å². The lowest BCUT2D eigenvalue weighted by atomic mass is 10.0. The van der Waals surface area contributed by atoms with Crippen LogP contribution in [-0.2, 0) is 0 Å². The van der Waals surface area contributed by atoms with Crippen LogP contribution in [0.3, 0.4) is 0 Å². The van der Waals surface area contributed by atoms with E-state index in [-0.39, 0.29) is 17.5 Å². The van der Waals surface area contributed by atoms with Gasteiger partial charge in [0.15, 0.2) is 11.5 Å². The molecule has 0 saturated heterocycles. The summed E-state index contributed by atoms with van der Waals surface area (Å²) in [6, 6.07) is 4.25. The Morgan fingerprint density at radius 2 is 2.06 bits per heavy atom. The fourth-order valence-corrected chi connectivity index (χ4v) is 1.51. The van der Waals surface area contributed by atoms with Gasteiger partial charge in [-0.15, -0.1) is 15.4 Å². The van der Waals surface area contributed by atoms with Gasteiger partial charge in [-0.3, -0.25) is 0 Å². The first-order valence-corrected chi connectivity index (χ1v) is 4.78. The fraction of sp³-hybridized carbons (Fsp3) is 0.273. The number of halogens is 2. The van der Waals surface area contributed by atoms with Gasteiger partial charge >= 0.3 is 6.29 Å². The van der Waals surface area contributed by atoms with Gasteiger partial charge in [0.1, 0.15) is 0 Å². The summed E-state index contributed by atoms with van der Waals surface area (Å²) in [6.45, 7) is 3.57. The first-order chi connectivity index (χ1) is 7.52. The van der Waals surface area contributed by atoms with Crippen molar-refractivity contribution in [3.05, 3.63) is 36.4 Å². The number of alkyl halides is 2. The third kappa shape index (κ3) is 1.99. The van der Waals surface area contributed by atoms with Crippen molar-refractivity contribution in [1.82, 2.24) is 0 Å². The van der Waals surface area contributed by atoms with Gasteiger partial charge in [0, 0.05) is 6.04 Å². The maximum atomic E-state index is 12.7. The van der Waals surface area contributed by atoms with Crippen LogP contribution in [0.4, 0.5) is 8.78 Å². The molecule has 0 radical (unpaired) electrons. The highest BCUT2D eigenvalue weighted by Crippen LogP contribution is 2.41. The minimum atomic E-state index is -3.58. The number of hydrogen-bond donors (Lipinski definition) is 1. The highest BCUT2D eigenvalue weighted by atomic mass is 19.3. The first-order valence-electron chi connectivity index (χ1n) is 4.78. The summed E-state index contributed by atoms with van der Waals surface area (Å²) in [5.74, 6) is 0.0431. The lowest BCUT2D eigenvalue weighted by Gasteiger charge is -2.09. The van der Waals surface area contributed by atoms with Crippen LogP contribution in [0.5, 0.6) is 11.5 Å². The molecule has 86 valence electrons. The number of hydrogen-bond acceptors (Lipinski definition) is 3. The first kappa shape index (κ1) is 10.9. The Hall–Kier alpha value is -1.62. The minimum absolute atomic E-state index is 0.0158. The highest BCUT2D eigenvalue weighted by molar-refractivity contribution is 5.46. The Kier molecular flexibility index (Phi) is 2.55. The van der Waals surface area contributed by atoms with Gasteiger partial charge < -0.3 is 15.2 Å². The van der Waals surface area contributed by atoms with Crippen LogP contribution < -0.4 is 15.2 Å². The molecule has 1 atom stereocenters. The van der Waals surface area contributed by atoms with Crippen molar-refractivity contribution < 1.29 is 18.3 Å². The Labute approximate surface area is 91.5 Å². The van der Waals surface area contributed by atoms with Crippen molar-refractivity contribution in [3.63, 3.8) is 0 Å². The monoisotopic (exact) mass is 227 g/mol. The number of rotatable bonds is 3. The molecule has 1 aromatic rings. The molecule has 2 N–H and O–H groups in total. The molecule has 1 aliphatic heterocycles. The van der Waals surface area contributed by atoms with Crippen LogP contribution >= 0.6 is 0 Å². The molecule has 16 heavy (non-hydrogen) atoms. The Morgan fingerprint density at radius 3 is 2.75 bits per heavy atom. The summed E-state index contributed by atoms with van der Waals surface area (Å²) < 4.78 is 34.1. The van der Waals surface area contributed by atoms with Crippen LogP contribution in [0, 0.1) is 0 Å². The molecule has 5 heteroatoms. The summed E-state index contributed by atoms with van der Waals surface area (Å²) in [5, 5.41) is 0. The molecule has 3 nitrogen and oxygen atoms in total. The van der Waals surface area contributed by atoms with Gasteiger partial charge in [-0.1, -0.05) is 12.1 Å². The third-order valence-corrected chi connectivity index (χ3v) is 2.27. The molecule has 0 unspecified atom stereocenters. The normalized spacial score (nSPS) is 18.2. The van der Waals surface area contributed by atoms with Gasteiger partial charge in [0.05, 0.1) is 0 Å². The van der Waals surface area contributed by atoms with Gasteiger partial charge in [0.2, 0.25) is 0 Å². The van der Waals surface area contributed by atoms with E-state index in [4.69, 9.17) is 5.73 Å². The van der Waals surface area contributed by atoms with E-state index in [1.165, 1.54) is 12.1 Å². The summed E-state index contributed by atoms with van der Waals surface area (Å²) in [7, 11) is 0. The molecular formula is C11H11F2NO2. The van der Waals surface area contributed by atoms with E-state index in [0.717, 1.165) is 0 Å². The Bertz CT molecular complexity index is 420. The molecule has 2 rings (SSSR count). The zero-order valence-electron chi connectivity index (χ0n) is 8.45. The zero-order valence-corrected chi connectivity index (χ0v) is 8.45. The summed E-state index contributed by atoms with van der Waals surface area (Å²) in [4.78, 5) is 0. The largest absolute Gasteiger partial charge is 0.586 e. The average molecular weight is 227 g/mol. The summed E-state index contributed by atoms with van der Waals surface area (Å²) >= 11 is 0. The van der Waals surface area contributed by atoms with E-state index in [0.29, 0.717) is 12.0 Å². The van der Waals surface area contributed by atoms with Crippen molar-refractivity contribution in [3.8, 4) is 11.5 Å². The molecule has 0 fully saturated rings. The number of ether oxygens (including phenoxy) is 2. The minimum Gasteiger partial charge on any atom is -0.395 e. The van der Waals surface area contributed by atoms with E-state index < -0.39 is 6.29 Å². The molecule has 0 spiro atoms. The smallest absolute Gasteiger partial charge is 0.395 e. The van der Waals surface area contributed by atoms with E-state index in [9.17, 15) is 8.78 Å². The second-order valence-electron chi connectivity index (χ2n) is 3.50.